The maximum Gasteiger partial charge on any atom is 0.307 e. The van der Waals surface area contributed by atoms with Crippen molar-refractivity contribution >= 4 is 28.9 Å². The lowest BCUT2D eigenvalue weighted by atomic mass is 10.1. The minimum absolute atomic E-state index is 0.0282. The summed E-state index contributed by atoms with van der Waals surface area (Å²) in [5, 5.41) is -0.874. The third-order valence-electron chi connectivity index (χ3n) is 3.45. The van der Waals surface area contributed by atoms with Crippen LogP contribution in [-0.4, -0.2) is 58.5 Å². The summed E-state index contributed by atoms with van der Waals surface area (Å²) in [6.07, 6.45) is 3.39. The molecule has 0 aromatic rings. The van der Waals surface area contributed by atoms with Crippen molar-refractivity contribution < 1.29 is 19.1 Å². The molecule has 0 N–H and O–H groups in total. The van der Waals surface area contributed by atoms with Gasteiger partial charge in [-0.25, -0.2) is 0 Å². The highest BCUT2D eigenvalue weighted by Crippen LogP contribution is 2.30. The van der Waals surface area contributed by atoms with E-state index in [0.29, 0.717) is 6.67 Å². The Morgan fingerprint density at radius 1 is 1.30 bits per heavy atom. The molecule has 1 atom stereocenters. The molecule has 0 aliphatic carbocycles. The summed E-state index contributed by atoms with van der Waals surface area (Å²) in [6, 6.07) is 0. The number of imide groups is 1. The number of carbonyl (C=O) groups excluding carboxylic acids is 3. The minimum Gasteiger partial charge on any atom is -0.466 e. The van der Waals surface area contributed by atoms with Crippen LogP contribution < -0.4 is 0 Å². The molecule has 2 aliphatic heterocycles. The molecule has 2 amide bonds. The molecule has 7 heteroatoms. The molecular weight excluding hydrogens is 280 g/mol. The standard InChI is InChI=1S/C13H20N2O4S/c1-2-19-11(16)8-10-12(17)15(13(18)20-10)9-14-6-4-3-5-7-14/h10H,2-9H2,1H3. The molecule has 0 aromatic carbocycles. The van der Waals surface area contributed by atoms with Crippen LogP contribution >= 0.6 is 11.8 Å². The highest BCUT2D eigenvalue weighted by molar-refractivity contribution is 8.15. The van der Waals surface area contributed by atoms with Crippen molar-refractivity contribution in [1.82, 2.24) is 9.80 Å². The average molecular weight is 300 g/mol. The quantitative estimate of drug-likeness (QED) is 0.716. The third-order valence-corrected chi connectivity index (χ3v) is 4.53. The molecule has 0 bridgehead atoms. The molecule has 6 nitrogen and oxygen atoms in total. The Bertz CT molecular complexity index is 396. The Morgan fingerprint density at radius 2 is 2.00 bits per heavy atom. The molecule has 2 fully saturated rings. The zero-order valence-electron chi connectivity index (χ0n) is 11.7. The van der Waals surface area contributed by atoms with Gasteiger partial charge in [-0.15, -0.1) is 0 Å². The van der Waals surface area contributed by atoms with Gasteiger partial charge in [0.2, 0.25) is 5.91 Å². The van der Waals surface area contributed by atoms with Crippen molar-refractivity contribution in [3.8, 4) is 0 Å². The Labute approximate surface area is 122 Å². The van der Waals surface area contributed by atoms with Crippen LogP contribution in [0.15, 0.2) is 0 Å². The van der Waals surface area contributed by atoms with Crippen LogP contribution in [0.25, 0.3) is 0 Å². The van der Waals surface area contributed by atoms with Crippen LogP contribution in [0.5, 0.6) is 0 Å². The van der Waals surface area contributed by atoms with Gasteiger partial charge in [-0.1, -0.05) is 18.2 Å². The Kier molecular flexibility index (Phi) is 5.42. The highest BCUT2D eigenvalue weighted by atomic mass is 32.2. The number of amides is 2. The zero-order valence-corrected chi connectivity index (χ0v) is 12.5. The molecule has 20 heavy (non-hydrogen) atoms. The number of hydrogen-bond acceptors (Lipinski definition) is 6. The first-order chi connectivity index (χ1) is 9.61. The molecule has 2 saturated heterocycles. The highest BCUT2D eigenvalue weighted by Gasteiger charge is 2.41. The Hall–Kier alpha value is -1.08. The van der Waals surface area contributed by atoms with Crippen molar-refractivity contribution in [1.29, 1.82) is 0 Å². The number of nitrogens with zero attached hydrogens (tertiary/aromatic N) is 2. The van der Waals surface area contributed by atoms with Crippen LogP contribution in [0.1, 0.15) is 32.6 Å². The zero-order chi connectivity index (χ0) is 14.5. The molecule has 1 unspecified atom stereocenters. The second-order valence-corrected chi connectivity index (χ2v) is 6.12. The molecule has 0 spiro atoms. The molecule has 0 saturated carbocycles. The topological polar surface area (TPSA) is 66.9 Å². The first-order valence-corrected chi connectivity index (χ1v) is 7.89. The van der Waals surface area contributed by atoms with E-state index in [-0.39, 0.29) is 24.2 Å². The van der Waals surface area contributed by atoms with E-state index in [4.69, 9.17) is 4.74 Å². The molecule has 0 radical (unpaired) electrons. The third kappa shape index (κ3) is 3.73. The van der Waals surface area contributed by atoms with Crippen molar-refractivity contribution in [3.63, 3.8) is 0 Å². The van der Waals surface area contributed by atoms with E-state index < -0.39 is 11.2 Å². The largest absolute Gasteiger partial charge is 0.466 e. The predicted molar refractivity (Wildman–Crippen MR) is 75.2 cm³/mol. The van der Waals surface area contributed by atoms with Crippen LogP contribution in [0, 0.1) is 0 Å². The summed E-state index contributed by atoms with van der Waals surface area (Å²) in [7, 11) is 0. The van der Waals surface area contributed by atoms with Gasteiger partial charge in [-0.2, -0.15) is 0 Å². The van der Waals surface area contributed by atoms with Gasteiger partial charge < -0.3 is 4.74 Å². The fourth-order valence-electron chi connectivity index (χ4n) is 2.43. The van der Waals surface area contributed by atoms with Crippen molar-refractivity contribution in [2.24, 2.45) is 0 Å². The number of piperidine rings is 1. The second-order valence-electron chi connectivity index (χ2n) is 4.97. The monoisotopic (exact) mass is 300 g/mol. The van der Waals surface area contributed by atoms with Crippen LogP contribution in [0.3, 0.4) is 0 Å². The molecule has 2 heterocycles. The van der Waals surface area contributed by atoms with E-state index in [1.54, 1.807) is 6.92 Å². The molecular formula is C13H20N2O4S. The number of esters is 1. The number of rotatable bonds is 5. The Balaban J connectivity index is 1.89. The fraction of sp³-hybridized carbons (Fsp3) is 0.769. The van der Waals surface area contributed by atoms with Gasteiger partial charge in [0.1, 0.15) is 5.25 Å². The molecule has 2 aliphatic rings. The van der Waals surface area contributed by atoms with Gasteiger partial charge in [0.25, 0.3) is 5.24 Å². The van der Waals surface area contributed by atoms with Gasteiger partial charge >= 0.3 is 5.97 Å². The average Bonchev–Trinajstić information content (AvgIpc) is 2.68. The van der Waals surface area contributed by atoms with Gasteiger partial charge in [0.15, 0.2) is 0 Å². The van der Waals surface area contributed by atoms with Gasteiger partial charge in [-0.3, -0.25) is 24.2 Å². The summed E-state index contributed by atoms with van der Waals surface area (Å²) in [5.41, 5.74) is 0. The SMILES string of the molecule is CCOC(=O)CC1SC(=O)N(CN2CCCCC2)C1=O. The normalized spacial score (nSPS) is 24.2. The van der Waals surface area contributed by atoms with Gasteiger partial charge in [0.05, 0.1) is 19.7 Å². The maximum absolute atomic E-state index is 12.2. The van der Waals surface area contributed by atoms with E-state index in [1.807, 2.05) is 0 Å². The number of likely N-dealkylation sites (tertiary alicyclic amines) is 1. The number of carbonyl (C=O) groups is 3. The summed E-state index contributed by atoms with van der Waals surface area (Å²) in [4.78, 5) is 38.9. The van der Waals surface area contributed by atoms with E-state index in [9.17, 15) is 14.4 Å². The Morgan fingerprint density at radius 3 is 2.65 bits per heavy atom. The van der Waals surface area contributed by atoms with E-state index in [2.05, 4.69) is 4.90 Å². The van der Waals surface area contributed by atoms with E-state index in [0.717, 1.165) is 37.7 Å². The molecule has 2 rings (SSSR count). The van der Waals surface area contributed by atoms with Gasteiger partial charge in [-0.05, 0) is 32.9 Å². The van der Waals surface area contributed by atoms with E-state index in [1.165, 1.54) is 11.3 Å². The number of ether oxygens (including phenoxy) is 1. The van der Waals surface area contributed by atoms with Crippen LogP contribution in [-0.2, 0) is 14.3 Å². The maximum atomic E-state index is 12.2. The molecule has 0 aromatic heterocycles. The van der Waals surface area contributed by atoms with Gasteiger partial charge in [0, 0.05) is 0 Å². The predicted octanol–water partition coefficient (Wildman–Crippen LogP) is 1.45. The lowest BCUT2D eigenvalue weighted by Gasteiger charge is -2.29. The summed E-state index contributed by atoms with van der Waals surface area (Å²) in [6.45, 7) is 4.20. The van der Waals surface area contributed by atoms with Crippen molar-refractivity contribution in [3.05, 3.63) is 0 Å². The number of thioether (sulfide) groups is 1. The lowest BCUT2D eigenvalue weighted by molar-refractivity contribution is -0.144. The van der Waals surface area contributed by atoms with E-state index >= 15 is 0 Å². The summed E-state index contributed by atoms with van der Waals surface area (Å²) < 4.78 is 4.83. The van der Waals surface area contributed by atoms with Crippen LogP contribution in [0.4, 0.5) is 4.79 Å². The van der Waals surface area contributed by atoms with Crippen LogP contribution in [0.2, 0.25) is 0 Å². The lowest BCUT2D eigenvalue weighted by Crippen LogP contribution is -2.43. The van der Waals surface area contributed by atoms with Crippen molar-refractivity contribution in [2.45, 2.75) is 37.9 Å². The number of hydrogen-bond donors (Lipinski definition) is 0. The molecule has 112 valence electrons. The first-order valence-electron chi connectivity index (χ1n) is 7.01. The summed E-state index contributed by atoms with van der Waals surface area (Å²) in [5.74, 6) is -0.690. The summed E-state index contributed by atoms with van der Waals surface area (Å²) >= 11 is 0.934. The minimum atomic E-state index is -0.619. The van der Waals surface area contributed by atoms with Crippen molar-refractivity contribution in [2.75, 3.05) is 26.4 Å². The first kappa shape index (κ1) is 15.3. The fourth-order valence-corrected chi connectivity index (χ4v) is 3.39. The second kappa shape index (κ2) is 7.08. The smallest absolute Gasteiger partial charge is 0.307 e.